The van der Waals surface area contributed by atoms with Crippen molar-refractivity contribution < 1.29 is 34.0 Å². The van der Waals surface area contributed by atoms with Gasteiger partial charge in [0.2, 0.25) is 0 Å². The summed E-state index contributed by atoms with van der Waals surface area (Å²) in [5.74, 6) is 0.355. The molecule has 6 N–H and O–H groups in total. The predicted molar refractivity (Wildman–Crippen MR) is 119 cm³/mol. The second-order valence-corrected chi connectivity index (χ2v) is 8.42. The van der Waals surface area contributed by atoms with Gasteiger partial charge < -0.3 is 40.8 Å². The molecule has 2 aliphatic rings. The van der Waals surface area contributed by atoms with Crippen molar-refractivity contribution >= 4 is 12.2 Å². The maximum atomic E-state index is 12.3. The second kappa shape index (κ2) is 12.0. The van der Waals surface area contributed by atoms with Crippen LogP contribution in [0, 0.1) is 0 Å². The van der Waals surface area contributed by atoms with Gasteiger partial charge in [0.15, 0.2) is 6.29 Å². The quantitative estimate of drug-likeness (QED) is 0.414. The van der Waals surface area contributed by atoms with Crippen molar-refractivity contribution in [3.63, 3.8) is 0 Å². The lowest BCUT2D eigenvalue weighted by molar-refractivity contribution is -0.201. The van der Waals surface area contributed by atoms with E-state index in [1.165, 1.54) is 0 Å². The fourth-order valence-corrected chi connectivity index (χ4v) is 3.89. The number of nitrogens with two attached hydrogens (primary N) is 1. The third kappa shape index (κ3) is 7.71. The zero-order valence-corrected chi connectivity index (χ0v) is 18.7. The summed E-state index contributed by atoms with van der Waals surface area (Å²) in [4.78, 5) is 24.3. The summed E-state index contributed by atoms with van der Waals surface area (Å²) >= 11 is 0. The van der Waals surface area contributed by atoms with E-state index in [1.54, 1.807) is 31.2 Å². The van der Waals surface area contributed by atoms with Crippen molar-refractivity contribution in [2.24, 2.45) is 5.73 Å². The van der Waals surface area contributed by atoms with Gasteiger partial charge in [0.1, 0.15) is 18.5 Å². The van der Waals surface area contributed by atoms with E-state index in [0.29, 0.717) is 11.3 Å². The fourth-order valence-electron chi connectivity index (χ4n) is 3.89. The lowest BCUT2D eigenvalue weighted by Gasteiger charge is -2.35. The van der Waals surface area contributed by atoms with E-state index in [0.717, 1.165) is 25.7 Å². The Hall–Kier alpha value is -2.66. The van der Waals surface area contributed by atoms with Gasteiger partial charge in [0.25, 0.3) is 0 Å². The van der Waals surface area contributed by atoms with E-state index in [1.807, 2.05) is 0 Å². The maximum Gasteiger partial charge on any atom is 0.412 e. The Morgan fingerprint density at radius 3 is 2.45 bits per heavy atom. The molecule has 1 aromatic rings. The van der Waals surface area contributed by atoms with Gasteiger partial charge in [-0.3, -0.25) is 0 Å². The van der Waals surface area contributed by atoms with Crippen LogP contribution in [-0.2, 0) is 16.1 Å². The molecule has 0 bridgehead atoms. The number of hydrogen-bond donors (Lipinski definition) is 5. The Labute approximate surface area is 193 Å². The van der Waals surface area contributed by atoms with E-state index in [9.17, 15) is 19.8 Å². The molecule has 33 heavy (non-hydrogen) atoms. The molecule has 1 saturated heterocycles. The van der Waals surface area contributed by atoms with Crippen LogP contribution in [0.25, 0.3) is 0 Å². The van der Waals surface area contributed by atoms with Gasteiger partial charge in [-0.15, -0.1) is 0 Å². The molecule has 10 heteroatoms. The van der Waals surface area contributed by atoms with Crippen LogP contribution in [0.4, 0.5) is 9.59 Å². The van der Waals surface area contributed by atoms with Crippen LogP contribution in [0.3, 0.4) is 0 Å². The molecule has 6 atom stereocenters. The van der Waals surface area contributed by atoms with Crippen molar-refractivity contribution in [1.29, 1.82) is 0 Å². The number of benzene rings is 1. The normalized spacial score (nSPS) is 29.9. The minimum absolute atomic E-state index is 0.0137. The fraction of sp³-hybridized carbons (Fsp3) is 0.565. The van der Waals surface area contributed by atoms with Crippen LogP contribution in [0.2, 0.25) is 0 Å². The van der Waals surface area contributed by atoms with E-state index in [2.05, 4.69) is 22.8 Å². The molecule has 2 amide bonds. The minimum atomic E-state index is -1.06. The first-order valence-corrected chi connectivity index (χ1v) is 11.2. The summed E-state index contributed by atoms with van der Waals surface area (Å²) in [5.41, 5.74) is 6.85. The first-order chi connectivity index (χ1) is 15.8. The molecule has 1 heterocycles. The van der Waals surface area contributed by atoms with Crippen LogP contribution in [0.1, 0.15) is 44.6 Å². The number of aliphatic hydroxyl groups is 2. The number of hydrogen-bond acceptors (Lipinski definition) is 8. The monoisotopic (exact) mass is 463 g/mol. The first-order valence-electron chi connectivity index (χ1n) is 11.2. The Morgan fingerprint density at radius 2 is 1.73 bits per heavy atom. The topological polar surface area (TPSA) is 152 Å². The molecule has 1 aromatic carbocycles. The molecule has 0 saturated carbocycles. The number of carbonyl (C=O) groups is 2. The third-order valence-corrected chi connectivity index (χ3v) is 5.83. The number of aliphatic hydroxyl groups excluding tert-OH is 2. The van der Waals surface area contributed by atoms with Gasteiger partial charge in [-0.05, 0) is 50.3 Å². The summed E-state index contributed by atoms with van der Waals surface area (Å²) in [6, 6.07) is 5.63. The van der Waals surface area contributed by atoms with Crippen LogP contribution in [0.15, 0.2) is 36.4 Å². The van der Waals surface area contributed by atoms with E-state index < -0.39 is 36.7 Å². The van der Waals surface area contributed by atoms with Crippen molar-refractivity contribution in [3.05, 3.63) is 42.0 Å². The minimum Gasteiger partial charge on any atom is -0.445 e. The van der Waals surface area contributed by atoms with Crippen LogP contribution >= 0.6 is 0 Å². The molecular formula is C23H33N3O7. The van der Waals surface area contributed by atoms with Gasteiger partial charge in [-0.25, -0.2) is 9.59 Å². The summed E-state index contributed by atoms with van der Waals surface area (Å²) in [6.45, 7) is 1.60. The standard InChI is InChI=1S/C23H33N3O7/c1-14-21(28)19(12-20(27)32-14)26-22(29)31-13-15-8-10-16(11-9-15)33-23(30)25-18-7-5-3-2-4-6-17(18)24/h2-3,8-11,14,17-21,27-28H,4-7,12-13,24H2,1H3,(H,25,30)(H,26,29). The van der Waals surface area contributed by atoms with Gasteiger partial charge in [0, 0.05) is 18.5 Å². The van der Waals surface area contributed by atoms with Gasteiger partial charge in [-0.1, -0.05) is 24.3 Å². The zero-order chi connectivity index (χ0) is 23.8. The van der Waals surface area contributed by atoms with Crippen molar-refractivity contribution in [1.82, 2.24) is 10.6 Å². The summed E-state index contributed by atoms with van der Waals surface area (Å²) in [5, 5.41) is 25.1. The molecule has 0 spiro atoms. The predicted octanol–water partition coefficient (Wildman–Crippen LogP) is 1.68. The number of carbonyl (C=O) groups excluding carboxylic acids is 2. The molecule has 3 rings (SSSR count). The average Bonchev–Trinajstić information content (AvgIpc) is 2.76. The Balaban J connectivity index is 1.42. The van der Waals surface area contributed by atoms with Gasteiger partial charge in [0.05, 0.1) is 12.1 Å². The van der Waals surface area contributed by atoms with E-state index >= 15 is 0 Å². The Morgan fingerprint density at radius 1 is 1.06 bits per heavy atom. The van der Waals surface area contributed by atoms with Gasteiger partial charge >= 0.3 is 12.2 Å². The number of nitrogens with one attached hydrogen (secondary N) is 2. The molecule has 1 aliphatic heterocycles. The summed E-state index contributed by atoms with van der Waals surface area (Å²) in [7, 11) is 0. The van der Waals surface area contributed by atoms with E-state index in [4.69, 9.17) is 19.9 Å². The lowest BCUT2D eigenvalue weighted by Crippen LogP contribution is -2.54. The molecular weight excluding hydrogens is 430 g/mol. The zero-order valence-electron chi connectivity index (χ0n) is 18.7. The van der Waals surface area contributed by atoms with Crippen molar-refractivity contribution in [2.45, 2.75) is 82.3 Å². The Bertz CT molecular complexity index is 817. The highest BCUT2D eigenvalue weighted by atomic mass is 16.6. The molecule has 182 valence electrons. The number of ether oxygens (including phenoxy) is 3. The first kappa shape index (κ1) is 25.0. The summed E-state index contributed by atoms with van der Waals surface area (Å²) in [6.07, 6.45) is 3.70. The van der Waals surface area contributed by atoms with Crippen molar-refractivity contribution in [2.75, 3.05) is 0 Å². The molecule has 1 aliphatic carbocycles. The van der Waals surface area contributed by atoms with Crippen LogP contribution in [0.5, 0.6) is 5.75 Å². The second-order valence-electron chi connectivity index (χ2n) is 8.42. The highest BCUT2D eigenvalue weighted by Crippen LogP contribution is 2.19. The highest BCUT2D eigenvalue weighted by molar-refractivity contribution is 5.71. The van der Waals surface area contributed by atoms with E-state index in [-0.39, 0.29) is 25.1 Å². The smallest absolute Gasteiger partial charge is 0.412 e. The largest absolute Gasteiger partial charge is 0.445 e. The van der Waals surface area contributed by atoms with Crippen LogP contribution in [-0.4, -0.2) is 59.0 Å². The van der Waals surface area contributed by atoms with Crippen LogP contribution < -0.4 is 21.1 Å². The molecule has 10 nitrogen and oxygen atoms in total. The SMILES string of the molecule is CC1OC(O)CC(NC(=O)OCc2ccc(OC(=O)NC3CCC=CCCC3N)cc2)C1O. The highest BCUT2D eigenvalue weighted by Gasteiger charge is 2.35. The molecule has 0 aromatic heterocycles. The number of allylic oxidation sites excluding steroid dienone is 2. The molecule has 6 unspecified atom stereocenters. The third-order valence-electron chi connectivity index (χ3n) is 5.83. The number of rotatable bonds is 5. The Kier molecular flexibility index (Phi) is 9.07. The number of alkyl carbamates (subject to hydrolysis) is 1. The average molecular weight is 464 g/mol. The number of amides is 2. The summed E-state index contributed by atoms with van der Waals surface area (Å²) < 4.78 is 15.6. The van der Waals surface area contributed by atoms with Gasteiger partial charge in [-0.2, -0.15) is 0 Å². The molecule has 0 radical (unpaired) electrons. The molecule has 1 fully saturated rings. The maximum absolute atomic E-state index is 12.3. The lowest BCUT2D eigenvalue weighted by atomic mass is 9.96. The van der Waals surface area contributed by atoms with Crippen molar-refractivity contribution in [3.8, 4) is 5.75 Å².